The molecule has 3 rings (SSSR count). The van der Waals surface area contributed by atoms with Gasteiger partial charge in [0.05, 0.1) is 11.3 Å². The van der Waals surface area contributed by atoms with Crippen molar-refractivity contribution < 1.29 is 14.3 Å². The highest BCUT2D eigenvalue weighted by molar-refractivity contribution is 6.58. The molecule has 170 valence electrons. The number of phenolic OH excluding ortho intramolecular Hbond substituents is 1. The lowest BCUT2D eigenvalue weighted by atomic mass is 10.0. The van der Waals surface area contributed by atoms with Crippen LogP contribution < -0.4 is 11.2 Å². The molecule has 1 aromatic heterocycles. The molecule has 9 nitrogen and oxygen atoms in total. The van der Waals surface area contributed by atoms with Crippen LogP contribution in [-0.2, 0) is 0 Å². The highest BCUT2D eigenvalue weighted by atomic mass is 28.2. The van der Waals surface area contributed by atoms with Crippen LogP contribution in [0.25, 0.3) is 0 Å². The van der Waals surface area contributed by atoms with Gasteiger partial charge in [-0.1, -0.05) is 19.9 Å². The highest BCUT2D eigenvalue weighted by Crippen LogP contribution is 2.33. The van der Waals surface area contributed by atoms with E-state index >= 15 is 0 Å². The molecule has 1 aromatic carbocycles. The van der Waals surface area contributed by atoms with Gasteiger partial charge in [0.25, 0.3) is 5.91 Å². The molecule has 2 radical (unpaired) electrons. The number of hydrazine groups is 1. The molecule has 0 saturated heterocycles. The molecule has 4 N–H and O–H groups in total. The number of carbonyl (C=O) groups is 1. The molecular weight excluding hydrogens is 424 g/mol. The molecule has 2 aromatic rings. The lowest BCUT2D eigenvalue weighted by Crippen LogP contribution is -2.47. The van der Waals surface area contributed by atoms with Crippen LogP contribution in [0.4, 0.5) is 5.69 Å². The second-order valence-electron chi connectivity index (χ2n) is 8.46. The molecule has 1 atom stereocenters. The van der Waals surface area contributed by atoms with Crippen molar-refractivity contribution in [1.29, 1.82) is 0 Å². The van der Waals surface area contributed by atoms with E-state index in [1.807, 2.05) is 19.9 Å². The quantitative estimate of drug-likeness (QED) is 0.277. The van der Waals surface area contributed by atoms with Crippen LogP contribution in [0.2, 0.25) is 0 Å². The number of amidine groups is 2. The average Bonchev–Trinajstić information content (AvgIpc) is 3.30. The van der Waals surface area contributed by atoms with Crippen molar-refractivity contribution in [2.24, 2.45) is 21.1 Å². The van der Waals surface area contributed by atoms with E-state index in [4.69, 9.17) is 10.3 Å². The van der Waals surface area contributed by atoms with Crippen LogP contribution in [0, 0.1) is 26.7 Å². The molecule has 0 bridgehead atoms. The number of nitrogens with two attached hydrogens (primary N) is 1. The summed E-state index contributed by atoms with van der Waals surface area (Å²) in [6.45, 7) is 9.82. The summed E-state index contributed by atoms with van der Waals surface area (Å²) in [4.78, 5) is 14.0. The number of aryl methyl sites for hydroxylation is 3. The monoisotopic (exact) mass is 454 g/mol. The van der Waals surface area contributed by atoms with Crippen LogP contribution in [-0.4, -0.2) is 56.5 Å². The maximum absolute atomic E-state index is 12.5. The van der Waals surface area contributed by atoms with Gasteiger partial charge in [-0.25, -0.2) is 5.84 Å². The van der Waals surface area contributed by atoms with Gasteiger partial charge in [0.1, 0.15) is 17.6 Å². The van der Waals surface area contributed by atoms with Crippen LogP contribution in [0.3, 0.4) is 0 Å². The molecular formula is C22H30N6O3Si. The van der Waals surface area contributed by atoms with E-state index in [9.17, 15) is 9.90 Å². The number of rotatable bonds is 5. The molecule has 0 unspecified atom stereocenters. The average molecular weight is 455 g/mol. The SMILES string of the molecule is Cc1cc([C@@H](C(C)C)N(N)C2=N[Si]N=C2Nc2ccc(C)c(C(=O)N(C)C)c2O)oc1C. The Morgan fingerprint density at radius 2 is 1.88 bits per heavy atom. The molecule has 0 fully saturated rings. The Labute approximate surface area is 191 Å². The van der Waals surface area contributed by atoms with Crippen LogP contribution >= 0.6 is 0 Å². The fourth-order valence-electron chi connectivity index (χ4n) is 3.57. The number of anilines is 1. The van der Waals surface area contributed by atoms with Crippen molar-refractivity contribution >= 4 is 33.1 Å². The molecule has 10 heteroatoms. The maximum Gasteiger partial charge on any atom is 0.377 e. The summed E-state index contributed by atoms with van der Waals surface area (Å²) in [5.74, 6) is 8.76. The van der Waals surface area contributed by atoms with Crippen LogP contribution in [0.5, 0.6) is 5.75 Å². The Morgan fingerprint density at radius 1 is 1.19 bits per heavy atom. The van der Waals surface area contributed by atoms with Gasteiger partial charge in [0.2, 0.25) is 0 Å². The number of nitrogens with zero attached hydrogens (tertiary/aromatic N) is 4. The summed E-state index contributed by atoms with van der Waals surface area (Å²) < 4.78 is 14.9. The normalized spacial score (nSPS) is 14.3. The first-order valence-electron chi connectivity index (χ1n) is 10.4. The second kappa shape index (κ2) is 9.17. The van der Waals surface area contributed by atoms with Crippen LogP contribution in [0.1, 0.15) is 52.9 Å². The van der Waals surface area contributed by atoms with Gasteiger partial charge in [-0.05, 0) is 49.9 Å². The molecule has 1 amide bonds. The zero-order valence-corrected chi connectivity index (χ0v) is 20.5. The summed E-state index contributed by atoms with van der Waals surface area (Å²) in [5, 5.41) is 15.5. The summed E-state index contributed by atoms with van der Waals surface area (Å²) in [6, 6.07) is 5.22. The number of carbonyl (C=O) groups excluding carboxylic acids is 1. The number of hydrogen-bond donors (Lipinski definition) is 3. The number of aromatic hydroxyl groups is 1. The summed E-state index contributed by atoms with van der Waals surface area (Å²) in [5.41, 5.74) is 2.34. The van der Waals surface area contributed by atoms with E-state index in [2.05, 4.69) is 28.5 Å². The molecule has 2 heterocycles. The number of phenols is 1. The smallest absolute Gasteiger partial charge is 0.377 e. The Hall–Kier alpha value is -3.11. The molecule has 32 heavy (non-hydrogen) atoms. The van der Waals surface area contributed by atoms with Crippen molar-refractivity contribution in [3.63, 3.8) is 0 Å². The van der Waals surface area contributed by atoms with Gasteiger partial charge in [-0.3, -0.25) is 19.1 Å². The number of hydrogen-bond acceptors (Lipinski definition) is 8. The summed E-state index contributed by atoms with van der Waals surface area (Å²) in [6.07, 6.45) is 0. The van der Waals surface area contributed by atoms with E-state index in [0.29, 0.717) is 22.9 Å². The minimum Gasteiger partial charge on any atom is -0.505 e. The Kier molecular flexibility index (Phi) is 6.75. The molecule has 1 aliphatic heterocycles. The largest absolute Gasteiger partial charge is 0.505 e. The third kappa shape index (κ3) is 4.41. The predicted molar refractivity (Wildman–Crippen MR) is 127 cm³/mol. The first kappa shape index (κ1) is 23.5. The zero-order chi connectivity index (χ0) is 23.7. The minimum atomic E-state index is -0.281. The highest BCUT2D eigenvalue weighted by Gasteiger charge is 2.32. The molecule has 0 aliphatic carbocycles. The lowest BCUT2D eigenvalue weighted by molar-refractivity contribution is 0.0824. The van der Waals surface area contributed by atoms with Crippen molar-refractivity contribution in [1.82, 2.24) is 9.91 Å². The third-order valence-electron chi connectivity index (χ3n) is 5.44. The van der Waals surface area contributed by atoms with Gasteiger partial charge >= 0.3 is 9.84 Å². The zero-order valence-electron chi connectivity index (χ0n) is 19.5. The molecule has 1 aliphatic rings. The number of benzene rings is 1. The van der Waals surface area contributed by atoms with E-state index in [-0.39, 0.29) is 39.0 Å². The fourth-order valence-corrected chi connectivity index (χ4v) is 4.19. The van der Waals surface area contributed by atoms with Gasteiger partial charge in [0.15, 0.2) is 17.4 Å². The minimum absolute atomic E-state index is 0.0520. The fraction of sp³-hybridized carbons (Fsp3) is 0.409. The van der Waals surface area contributed by atoms with Crippen molar-refractivity contribution in [3.8, 4) is 5.75 Å². The Balaban J connectivity index is 1.90. The van der Waals surface area contributed by atoms with E-state index < -0.39 is 0 Å². The number of nitrogens with one attached hydrogen (secondary N) is 1. The summed E-state index contributed by atoms with van der Waals surface area (Å²) >= 11 is 0. The van der Waals surface area contributed by atoms with E-state index in [0.717, 1.165) is 17.1 Å². The Morgan fingerprint density at radius 3 is 2.44 bits per heavy atom. The second-order valence-corrected chi connectivity index (χ2v) is 9.11. The topological polar surface area (TPSA) is 120 Å². The molecule has 0 saturated carbocycles. The maximum atomic E-state index is 12.5. The van der Waals surface area contributed by atoms with E-state index in [1.54, 1.807) is 38.2 Å². The molecule has 0 spiro atoms. The van der Waals surface area contributed by atoms with Crippen LogP contribution in [0.15, 0.2) is 31.9 Å². The number of furan rings is 1. The van der Waals surface area contributed by atoms with Crippen molar-refractivity contribution in [2.75, 3.05) is 19.4 Å². The van der Waals surface area contributed by atoms with Gasteiger partial charge in [0, 0.05) is 14.1 Å². The van der Waals surface area contributed by atoms with Gasteiger partial charge in [-0.2, -0.15) is 0 Å². The van der Waals surface area contributed by atoms with E-state index in [1.165, 1.54) is 4.90 Å². The number of amides is 1. The van der Waals surface area contributed by atoms with Gasteiger partial charge in [-0.15, -0.1) is 0 Å². The lowest BCUT2D eigenvalue weighted by Gasteiger charge is -2.31. The standard InChI is InChI=1S/C22H30N6O3Si/c1-11(2)18(16-10-13(4)14(5)31-16)28(23)21-20(25-32-26-21)24-15-9-8-12(3)17(19(15)29)22(30)27(6)7/h8-11,18,29H,23H2,1-7H3,(H,24,25)/t18-/m1/s1. The summed E-state index contributed by atoms with van der Waals surface area (Å²) in [7, 11) is 3.24. The predicted octanol–water partition coefficient (Wildman–Crippen LogP) is 2.94. The first-order chi connectivity index (χ1) is 15.0. The van der Waals surface area contributed by atoms with Crippen molar-refractivity contribution in [2.45, 2.75) is 40.7 Å². The Bertz CT molecular complexity index is 1070. The first-order valence-corrected chi connectivity index (χ1v) is 11.2. The van der Waals surface area contributed by atoms with Crippen molar-refractivity contribution in [3.05, 3.63) is 46.4 Å². The third-order valence-corrected chi connectivity index (χ3v) is 6.08. The van der Waals surface area contributed by atoms with Gasteiger partial charge < -0.3 is 19.7 Å².